The van der Waals surface area contributed by atoms with Crippen LogP contribution in [-0.4, -0.2) is 25.3 Å². The van der Waals surface area contributed by atoms with Crippen LogP contribution in [0.5, 0.6) is 0 Å². The molecule has 2 heteroatoms. The smallest absolute Gasteiger partial charge is 0.0576 e. The zero-order chi connectivity index (χ0) is 10.2. The van der Waals surface area contributed by atoms with Crippen LogP contribution < -0.4 is 5.32 Å². The first-order valence-electron chi connectivity index (χ1n) is 5.84. The molecule has 0 bridgehead atoms. The average Bonchev–Trinajstić information content (AvgIpc) is 2.71. The van der Waals surface area contributed by atoms with Crippen LogP contribution in [0.4, 0.5) is 0 Å². The summed E-state index contributed by atoms with van der Waals surface area (Å²) in [6, 6.07) is 0.471. The Bertz CT molecular complexity index is 152. The third-order valence-electron chi connectivity index (χ3n) is 2.76. The summed E-state index contributed by atoms with van der Waals surface area (Å²) in [5.41, 5.74) is 0. The minimum atomic E-state index is 0.471. The fourth-order valence-electron chi connectivity index (χ4n) is 1.87. The molecular weight excluding hydrogens is 174 g/mol. The van der Waals surface area contributed by atoms with Crippen LogP contribution in [0, 0.1) is 0 Å². The van der Waals surface area contributed by atoms with E-state index < -0.39 is 0 Å². The van der Waals surface area contributed by atoms with Gasteiger partial charge in [0.2, 0.25) is 0 Å². The number of rotatable bonds is 7. The summed E-state index contributed by atoms with van der Waals surface area (Å²) in [4.78, 5) is 0. The van der Waals surface area contributed by atoms with Gasteiger partial charge in [-0.1, -0.05) is 13.0 Å². The lowest BCUT2D eigenvalue weighted by Crippen LogP contribution is -2.28. The zero-order valence-electron chi connectivity index (χ0n) is 9.30. The molecule has 0 spiro atoms. The fourth-order valence-corrected chi connectivity index (χ4v) is 1.87. The van der Waals surface area contributed by atoms with Gasteiger partial charge in [-0.3, -0.25) is 0 Å². The van der Waals surface area contributed by atoms with E-state index in [1.165, 1.54) is 25.7 Å². The highest BCUT2D eigenvalue weighted by atomic mass is 16.5. The SMILES string of the molecule is C=CC(CCC1CCCO1)NCCC. The normalized spacial score (nSPS) is 23.6. The van der Waals surface area contributed by atoms with Crippen LogP contribution in [0.3, 0.4) is 0 Å². The van der Waals surface area contributed by atoms with Crippen LogP contribution in [0.2, 0.25) is 0 Å². The topological polar surface area (TPSA) is 21.3 Å². The van der Waals surface area contributed by atoms with Gasteiger partial charge >= 0.3 is 0 Å². The van der Waals surface area contributed by atoms with E-state index in [-0.39, 0.29) is 0 Å². The molecule has 0 aromatic carbocycles. The van der Waals surface area contributed by atoms with Gasteiger partial charge in [0, 0.05) is 12.6 Å². The molecule has 0 aliphatic carbocycles. The highest BCUT2D eigenvalue weighted by Crippen LogP contribution is 2.17. The van der Waals surface area contributed by atoms with Gasteiger partial charge < -0.3 is 10.1 Å². The molecule has 2 nitrogen and oxygen atoms in total. The summed E-state index contributed by atoms with van der Waals surface area (Å²) in [5, 5.41) is 3.47. The lowest BCUT2D eigenvalue weighted by Gasteiger charge is -2.16. The molecule has 1 heterocycles. The van der Waals surface area contributed by atoms with E-state index in [1.54, 1.807) is 0 Å². The highest BCUT2D eigenvalue weighted by molar-refractivity contribution is 4.86. The second-order valence-corrected chi connectivity index (χ2v) is 4.01. The van der Waals surface area contributed by atoms with Crippen molar-refractivity contribution >= 4 is 0 Å². The summed E-state index contributed by atoms with van der Waals surface area (Å²) < 4.78 is 5.59. The molecule has 0 amide bonds. The van der Waals surface area contributed by atoms with Crippen molar-refractivity contribution in [1.82, 2.24) is 5.32 Å². The lowest BCUT2D eigenvalue weighted by molar-refractivity contribution is 0.101. The number of hydrogen-bond donors (Lipinski definition) is 1. The summed E-state index contributed by atoms with van der Waals surface area (Å²) >= 11 is 0. The summed E-state index contributed by atoms with van der Waals surface area (Å²) in [6.45, 7) is 8.09. The van der Waals surface area contributed by atoms with Crippen LogP contribution in [-0.2, 0) is 4.74 Å². The molecule has 0 aromatic heterocycles. The van der Waals surface area contributed by atoms with E-state index in [2.05, 4.69) is 18.8 Å². The van der Waals surface area contributed by atoms with Crippen molar-refractivity contribution in [2.24, 2.45) is 0 Å². The Morgan fingerprint density at radius 2 is 2.50 bits per heavy atom. The second kappa shape index (κ2) is 7.02. The van der Waals surface area contributed by atoms with E-state index in [0.717, 1.165) is 19.6 Å². The lowest BCUT2D eigenvalue weighted by atomic mass is 10.1. The maximum Gasteiger partial charge on any atom is 0.0576 e. The Hall–Kier alpha value is -0.340. The molecule has 0 radical (unpaired) electrons. The average molecular weight is 197 g/mol. The molecule has 1 aliphatic rings. The molecule has 2 atom stereocenters. The summed E-state index contributed by atoms with van der Waals surface area (Å²) in [7, 11) is 0. The van der Waals surface area contributed by atoms with Gasteiger partial charge in [-0.25, -0.2) is 0 Å². The number of ether oxygens (including phenoxy) is 1. The highest BCUT2D eigenvalue weighted by Gasteiger charge is 2.16. The van der Waals surface area contributed by atoms with E-state index in [1.807, 2.05) is 6.08 Å². The first-order chi connectivity index (χ1) is 6.86. The molecule has 2 unspecified atom stereocenters. The Balaban J connectivity index is 2.09. The third-order valence-corrected chi connectivity index (χ3v) is 2.76. The summed E-state index contributed by atoms with van der Waals surface area (Å²) in [6.07, 6.45) is 8.54. The van der Waals surface area contributed by atoms with Crippen LogP contribution in [0.1, 0.15) is 39.0 Å². The van der Waals surface area contributed by atoms with Gasteiger partial charge in [-0.05, 0) is 38.6 Å². The van der Waals surface area contributed by atoms with Crippen LogP contribution in [0.15, 0.2) is 12.7 Å². The number of nitrogens with one attached hydrogen (secondary N) is 1. The van der Waals surface area contributed by atoms with E-state index in [4.69, 9.17) is 4.74 Å². The summed E-state index contributed by atoms with van der Waals surface area (Å²) in [5.74, 6) is 0. The maximum atomic E-state index is 5.59. The van der Waals surface area contributed by atoms with Gasteiger partial charge in [0.05, 0.1) is 6.10 Å². The molecule has 0 saturated carbocycles. The molecular formula is C12H23NO. The van der Waals surface area contributed by atoms with Crippen molar-refractivity contribution in [1.29, 1.82) is 0 Å². The van der Waals surface area contributed by atoms with Crippen LogP contribution in [0.25, 0.3) is 0 Å². The van der Waals surface area contributed by atoms with Crippen molar-refractivity contribution in [2.45, 2.75) is 51.2 Å². The third kappa shape index (κ3) is 4.25. The molecule has 1 fully saturated rings. The fraction of sp³-hybridized carbons (Fsp3) is 0.833. The van der Waals surface area contributed by atoms with Crippen molar-refractivity contribution in [3.63, 3.8) is 0 Å². The predicted molar refractivity (Wildman–Crippen MR) is 60.5 cm³/mol. The zero-order valence-corrected chi connectivity index (χ0v) is 9.30. The molecule has 0 aromatic rings. The predicted octanol–water partition coefficient (Wildman–Crippen LogP) is 2.50. The van der Waals surface area contributed by atoms with Gasteiger partial charge in [0.1, 0.15) is 0 Å². The van der Waals surface area contributed by atoms with Crippen molar-refractivity contribution in [2.75, 3.05) is 13.2 Å². The molecule has 1 aliphatic heterocycles. The number of hydrogen-bond acceptors (Lipinski definition) is 2. The van der Waals surface area contributed by atoms with E-state index >= 15 is 0 Å². The maximum absolute atomic E-state index is 5.59. The monoisotopic (exact) mass is 197 g/mol. The van der Waals surface area contributed by atoms with Crippen LogP contribution >= 0.6 is 0 Å². The Morgan fingerprint density at radius 1 is 1.64 bits per heavy atom. The Morgan fingerprint density at radius 3 is 3.07 bits per heavy atom. The molecule has 1 N–H and O–H groups in total. The molecule has 1 rings (SSSR count). The second-order valence-electron chi connectivity index (χ2n) is 4.01. The van der Waals surface area contributed by atoms with Gasteiger partial charge in [0.15, 0.2) is 0 Å². The minimum Gasteiger partial charge on any atom is -0.378 e. The van der Waals surface area contributed by atoms with Gasteiger partial charge in [0.25, 0.3) is 0 Å². The quantitative estimate of drug-likeness (QED) is 0.633. The molecule has 82 valence electrons. The van der Waals surface area contributed by atoms with Crippen molar-refractivity contribution < 1.29 is 4.74 Å². The van der Waals surface area contributed by atoms with Gasteiger partial charge in [-0.15, -0.1) is 6.58 Å². The standard InChI is InChI=1S/C12H23NO/c1-3-9-13-11(4-2)7-8-12-6-5-10-14-12/h4,11-13H,2-3,5-10H2,1H3. The Labute approximate surface area is 87.7 Å². The van der Waals surface area contributed by atoms with Crippen molar-refractivity contribution in [3.8, 4) is 0 Å². The molecule has 14 heavy (non-hydrogen) atoms. The largest absolute Gasteiger partial charge is 0.378 e. The first-order valence-corrected chi connectivity index (χ1v) is 5.84. The first kappa shape index (κ1) is 11.7. The van der Waals surface area contributed by atoms with Gasteiger partial charge in [-0.2, -0.15) is 0 Å². The van der Waals surface area contributed by atoms with E-state index in [9.17, 15) is 0 Å². The van der Waals surface area contributed by atoms with Crippen molar-refractivity contribution in [3.05, 3.63) is 12.7 Å². The molecule has 1 saturated heterocycles. The Kier molecular flexibility index (Phi) is 5.88. The minimum absolute atomic E-state index is 0.471. The van der Waals surface area contributed by atoms with E-state index in [0.29, 0.717) is 12.1 Å².